The summed E-state index contributed by atoms with van der Waals surface area (Å²) >= 11 is 0. The lowest BCUT2D eigenvalue weighted by atomic mass is 10.2. The van der Waals surface area contributed by atoms with Crippen molar-refractivity contribution >= 4 is 10.0 Å². The monoisotopic (exact) mass is 220 g/mol. The first kappa shape index (κ1) is 11.9. The molecule has 0 radical (unpaired) electrons. The number of rotatable bonds is 5. The van der Waals surface area contributed by atoms with Gasteiger partial charge in [0.25, 0.3) is 0 Å². The topological polar surface area (TPSA) is 49.4 Å². The van der Waals surface area contributed by atoms with E-state index < -0.39 is 10.0 Å². The molecule has 14 heavy (non-hydrogen) atoms. The van der Waals surface area contributed by atoms with Gasteiger partial charge in [-0.1, -0.05) is 6.92 Å². The third-order valence-corrected chi connectivity index (χ3v) is 4.86. The molecule has 0 unspecified atom stereocenters. The number of hydrogen-bond acceptors (Lipinski definition) is 3. The summed E-state index contributed by atoms with van der Waals surface area (Å²) in [5.41, 5.74) is 0. The Labute approximate surface area is 86.7 Å². The Balaban J connectivity index is 2.75. The van der Waals surface area contributed by atoms with Crippen LogP contribution in [0.4, 0.5) is 0 Å². The molecule has 1 saturated heterocycles. The van der Waals surface area contributed by atoms with Gasteiger partial charge >= 0.3 is 0 Å². The summed E-state index contributed by atoms with van der Waals surface area (Å²) in [6.45, 7) is 7.73. The van der Waals surface area contributed by atoms with E-state index in [1.807, 2.05) is 6.92 Å². The Morgan fingerprint density at radius 3 is 2.29 bits per heavy atom. The van der Waals surface area contributed by atoms with Crippen LogP contribution >= 0.6 is 0 Å². The van der Waals surface area contributed by atoms with Crippen molar-refractivity contribution in [2.75, 3.05) is 19.6 Å². The normalized spacial score (nSPS) is 18.9. The molecule has 0 saturated carbocycles. The molecular formula is C9H20N2O2S. The molecule has 1 rings (SSSR count). The Hall–Kier alpha value is -0.130. The van der Waals surface area contributed by atoms with Crippen LogP contribution in [0.25, 0.3) is 0 Å². The van der Waals surface area contributed by atoms with Crippen molar-refractivity contribution in [3.63, 3.8) is 0 Å². The highest BCUT2D eigenvalue weighted by molar-refractivity contribution is 7.89. The van der Waals surface area contributed by atoms with Crippen LogP contribution < -0.4 is 5.32 Å². The Bertz CT molecular complexity index is 271. The minimum Gasteiger partial charge on any atom is -0.313 e. The van der Waals surface area contributed by atoms with Crippen molar-refractivity contribution in [2.24, 2.45) is 0 Å². The second-order valence-electron chi connectivity index (χ2n) is 4.02. The highest BCUT2D eigenvalue weighted by Crippen LogP contribution is 2.15. The number of nitrogens with one attached hydrogen (secondary N) is 1. The van der Waals surface area contributed by atoms with Gasteiger partial charge in [-0.2, -0.15) is 4.31 Å². The molecule has 0 aromatic heterocycles. The van der Waals surface area contributed by atoms with E-state index in [1.54, 1.807) is 18.2 Å². The molecule has 1 aliphatic rings. The summed E-state index contributed by atoms with van der Waals surface area (Å²) in [7, 11) is -3.07. The molecule has 5 heteroatoms. The highest BCUT2D eigenvalue weighted by Gasteiger charge is 2.34. The van der Waals surface area contributed by atoms with Crippen LogP contribution in [0.3, 0.4) is 0 Å². The second-order valence-corrected chi connectivity index (χ2v) is 6.46. The maximum absolute atomic E-state index is 12.0. The summed E-state index contributed by atoms with van der Waals surface area (Å²) in [6.07, 6.45) is 0.877. The van der Waals surface area contributed by atoms with Crippen LogP contribution in [0, 0.1) is 0 Å². The largest absolute Gasteiger partial charge is 0.313 e. The first-order valence-corrected chi connectivity index (χ1v) is 6.71. The van der Waals surface area contributed by atoms with E-state index in [9.17, 15) is 8.42 Å². The number of hydrogen-bond donors (Lipinski definition) is 1. The fourth-order valence-electron chi connectivity index (χ4n) is 1.49. The number of sulfonamides is 1. The quantitative estimate of drug-likeness (QED) is 0.730. The van der Waals surface area contributed by atoms with E-state index in [0.29, 0.717) is 6.54 Å². The molecule has 0 bridgehead atoms. The zero-order valence-corrected chi connectivity index (χ0v) is 9.97. The Kier molecular flexibility index (Phi) is 3.92. The van der Waals surface area contributed by atoms with E-state index >= 15 is 0 Å². The molecule has 1 aliphatic heterocycles. The van der Waals surface area contributed by atoms with Gasteiger partial charge in [0.2, 0.25) is 10.0 Å². The summed E-state index contributed by atoms with van der Waals surface area (Å²) < 4.78 is 25.6. The summed E-state index contributed by atoms with van der Waals surface area (Å²) in [4.78, 5) is 0. The molecule has 1 fully saturated rings. The lowest BCUT2D eigenvalue weighted by Gasteiger charge is -2.38. The van der Waals surface area contributed by atoms with Crippen LogP contribution in [-0.4, -0.2) is 43.6 Å². The van der Waals surface area contributed by atoms with Crippen molar-refractivity contribution in [1.29, 1.82) is 0 Å². The predicted molar refractivity (Wildman–Crippen MR) is 57.7 cm³/mol. The second kappa shape index (κ2) is 4.59. The van der Waals surface area contributed by atoms with Crippen LogP contribution in [0.5, 0.6) is 0 Å². The lowest BCUT2D eigenvalue weighted by Crippen LogP contribution is -2.59. The molecular weight excluding hydrogens is 200 g/mol. The van der Waals surface area contributed by atoms with E-state index in [0.717, 1.165) is 19.5 Å². The van der Waals surface area contributed by atoms with Crippen molar-refractivity contribution in [2.45, 2.75) is 38.5 Å². The molecule has 0 aromatic rings. The van der Waals surface area contributed by atoms with E-state index in [4.69, 9.17) is 0 Å². The molecule has 0 amide bonds. The highest BCUT2D eigenvalue weighted by atomic mass is 32.2. The molecule has 0 spiro atoms. The molecule has 0 aromatic carbocycles. The lowest BCUT2D eigenvalue weighted by molar-refractivity contribution is 0.240. The van der Waals surface area contributed by atoms with Crippen molar-refractivity contribution in [3.05, 3.63) is 0 Å². The van der Waals surface area contributed by atoms with Gasteiger partial charge in [0, 0.05) is 25.7 Å². The zero-order chi connectivity index (χ0) is 10.8. The van der Waals surface area contributed by atoms with Crippen molar-refractivity contribution in [3.8, 4) is 0 Å². The molecule has 1 N–H and O–H groups in total. The third-order valence-electron chi connectivity index (χ3n) is 2.53. The standard InChI is InChI=1S/C9H20N2O2S/c1-4-5-11(9-6-10-7-9)14(12,13)8(2)3/h8-10H,4-7H2,1-3H3. The minimum absolute atomic E-state index is 0.183. The average molecular weight is 220 g/mol. The molecule has 0 aliphatic carbocycles. The first-order valence-electron chi connectivity index (χ1n) is 5.21. The SMILES string of the molecule is CCCN(C1CNC1)S(=O)(=O)C(C)C. The van der Waals surface area contributed by atoms with Gasteiger partial charge in [-0.25, -0.2) is 8.42 Å². The number of nitrogens with zero attached hydrogens (tertiary/aromatic N) is 1. The summed E-state index contributed by atoms with van der Waals surface area (Å²) in [5.74, 6) is 0. The maximum atomic E-state index is 12.0. The maximum Gasteiger partial charge on any atom is 0.216 e. The van der Waals surface area contributed by atoms with E-state index in [2.05, 4.69) is 5.32 Å². The molecule has 1 heterocycles. The first-order chi connectivity index (χ1) is 6.50. The van der Waals surface area contributed by atoms with Gasteiger partial charge in [0.15, 0.2) is 0 Å². The van der Waals surface area contributed by atoms with Crippen molar-refractivity contribution in [1.82, 2.24) is 9.62 Å². The smallest absolute Gasteiger partial charge is 0.216 e. The molecule has 0 atom stereocenters. The van der Waals surface area contributed by atoms with Crippen LogP contribution in [0.15, 0.2) is 0 Å². The molecule has 4 nitrogen and oxygen atoms in total. The third kappa shape index (κ3) is 2.27. The summed E-state index contributed by atoms with van der Waals surface area (Å²) in [6, 6.07) is 0.183. The average Bonchev–Trinajstić information content (AvgIpc) is 2.00. The fourth-order valence-corrected chi connectivity index (χ4v) is 3.03. The van der Waals surface area contributed by atoms with Gasteiger partial charge in [0.1, 0.15) is 0 Å². The zero-order valence-electron chi connectivity index (χ0n) is 9.16. The van der Waals surface area contributed by atoms with E-state index in [-0.39, 0.29) is 11.3 Å². The van der Waals surface area contributed by atoms with Crippen LogP contribution in [-0.2, 0) is 10.0 Å². The van der Waals surface area contributed by atoms with Crippen LogP contribution in [0.1, 0.15) is 27.2 Å². The van der Waals surface area contributed by atoms with Gasteiger partial charge in [-0.15, -0.1) is 0 Å². The fraction of sp³-hybridized carbons (Fsp3) is 1.00. The summed E-state index contributed by atoms with van der Waals surface area (Å²) in [5, 5.41) is 2.79. The van der Waals surface area contributed by atoms with E-state index in [1.165, 1.54) is 0 Å². The predicted octanol–water partition coefficient (Wildman–Crippen LogP) is 0.408. The Morgan fingerprint density at radius 2 is 2.00 bits per heavy atom. The van der Waals surface area contributed by atoms with Crippen molar-refractivity contribution < 1.29 is 8.42 Å². The van der Waals surface area contributed by atoms with Gasteiger partial charge < -0.3 is 5.32 Å². The minimum atomic E-state index is -3.07. The van der Waals surface area contributed by atoms with Gasteiger partial charge in [0.05, 0.1) is 5.25 Å². The van der Waals surface area contributed by atoms with Gasteiger partial charge in [-0.3, -0.25) is 0 Å². The Morgan fingerprint density at radius 1 is 1.43 bits per heavy atom. The van der Waals surface area contributed by atoms with Gasteiger partial charge in [-0.05, 0) is 20.3 Å². The van der Waals surface area contributed by atoms with Crippen LogP contribution in [0.2, 0.25) is 0 Å². The molecule has 84 valence electrons.